The zero-order valence-electron chi connectivity index (χ0n) is 12.5. The van der Waals surface area contributed by atoms with Gasteiger partial charge in [0.05, 0.1) is 18.4 Å². The molecule has 116 valence electrons. The summed E-state index contributed by atoms with van der Waals surface area (Å²) < 4.78 is 1.49. The molecule has 21 heavy (non-hydrogen) atoms. The van der Waals surface area contributed by atoms with Gasteiger partial charge in [0.2, 0.25) is 11.8 Å². The lowest BCUT2D eigenvalue weighted by Gasteiger charge is -2.16. The highest BCUT2D eigenvalue weighted by Gasteiger charge is 2.24. The first kappa shape index (κ1) is 15.4. The molecule has 1 aromatic heterocycles. The summed E-state index contributed by atoms with van der Waals surface area (Å²) in [4.78, 5) is 25.1. The maximum atomic E-state index is 12.0. The van der Waals surface area contributed by atoms with E-state index in [9.17, 15) is 9.59 Å². The van der Waals surface area contributed by atoms with Gasteiger partial charge in [0.25, 0.3) is 0 Å². The molecule has 0 radical (unpaired) electrons. The van der Waals surface area contributed by atoms with Crippen molar-refractivity contribution in [1.82, 2.24) is 30.5 Å². The van der Waals surface area contributed by atoms with Crippen LogP contribution >= 0.6 is 0 Å². The summed E-state index contributed by atoms with van der Waals surface area (Å²) in [5.74, 6) is -0.277. The van der Waals surface area contributed by atoms with Crippen molar-refractivity contribution >= 4 is 11.8 Å². The molecule has 8 nitrogen and oxygen atoms in total. The van der Waals surface area contributed by atoms with Crippen LogP contribution in [0.15, 0.2) is 6.20 Å². The van der Waals surface area contributed by atoms with E-state index in [1.807, 2.05) is 6.92 Å². The molecule has 1 saturated carbocycles. The van der Waals surface area contributed by atoms with Crippen molar-refractivity contribution in [2.24, 2.45) is 0 Å². The number of hydrogen-bond acceptors (Lipinski definition) is 5. The molecule has 1 aliphatic carbocycles. The molecule has 2 amide bonds. The summed E-state index contributed by atoms with van der Waals surface area (Å²) in [5.41, 5.74) is 0.791. The van der Waals surface area contributed by atoms with E-state index in [1.165, 1.54) is 9.58 Å². The van der Waals surface area contributed by atoms with Crippen molar-refractivity contribution in [1.29, 1.82) is 0 Å². The molecule has 8 heteroatoms. The van der Waals surface area contributed by atoms with E-state index in [2.05, 4.69) is 20.9 Å². The van der Waals surface area contributed by atoms with Gasteiger partial charge in [-0.15, -0.1) is 5.10 Å². The normalized spacial score (nSPS) is 14.0. The average molecular weight is 294 g/mol. The van der Waals surface area contributed by atoms with Crippen molar-refractivity contribution in [3.63, 3.8) is 0 Å². The van der Waals surface area contributed by atoms with Crippen molar-refractivity contribution < 1.29 is 9.59 Å². The number of amides is 2. The van der Waals surface area contributed by atoms with Crippen molar-refractivity contribution in [2.45, 2.75) is 38.9 Å². The fraction of sp³-hybridized carbons (Fsp3) is 0.692. The number of carbonyl (C=O) groups is 2. The number of carbonyl (C=O) groups excluding carboxylic acids is 2. The van der Waals surface area contributed by atoms with Gasteiger partial charge in [0, 0.05) is 19.6 Å². The summed E-state index contributed by atoms with van der Waals surface area (Å²) in [6.07, 6.45) is 3.81. The van der Waals surface area contributed by atoms with Gasteiger partial charge in [-0.05, 0) is 19.4 Å². The van der Waals surface area contributed by atoms with Gasteiger partial charge in [-0.2, -0.15) is 0 Å². The molecule has 0 bridgehead atoms. The third-order valence-corrected chi connectivity index (χ3v) is 3.19. The third kappa shape index (κ3) is 5.14. The summed E-state index contributed by atoms with van der Waals surface area (Å²) in [6.45, 7) is 3.66. The molecule has 2 N–H and O–H groups in total. The van der Waals surface area contributed by atoms with Crippen LogP contribution in [0.5, 0.6) is 0 Å². The summed E-state index contributed by atoms with van der Waals surface area (Å²) >= 11 is 0. The Labute approximate surface area is 123 Å². The van der Waals surface area contributed by atoms with Gasteiger partial charge in [-0.3, -0.25) is 9.59 Å². The van der Waals surface area contributed by atoms with Crippen LogP contribution in [0.25, 0.3) is 0 Å². The Morgan fingerprint density at radius 1 is 1.48 bits per heavy atom. The van der Waals surface area contributed by atoms with Crippen LogP contribution in [0.1, 0.15) is 25.5 Å². The van der Waals surface area contributed by atoms with Crippen LogP contribution in [0.4, 0.5) is 0 Å². The molecule has 1 aromatic rings. The number of rotatable bonds is 8. The molecular formula is C13H22N6O2. The summed E-state index contributed by atoms with van der Waals surface area (Å²) in [6, 6.07) is 0.310. The van der Waals surface area contributed by atoms with E-state index >= 15 is 0 Å². The minimum Gasteiger partial charge on any atom is -0.352 e. The fourth-order valence-corrected chi connectivity index (χ4v) is 1.81. The first-order valence-corrected chi connectivity index (χ1v) is 7.21. The molecule has 0 aromatic carbocycles. The van der Waals surface area contributed by atoms with Crippen molar-refractivity contribution in [3.05, 3.63) is 11.9 Å². The number of nitrogens with one attached hydrogen (secondary N) is 2. The van der Waals surface area contributed by atoms with Crippen molar-refractivity contribution in [3.8, 4) is 0 Å². The Balaban J connectivity index is 1.76. The minimum atomic E-state index is -0.166. The molecule has 0 saturated heterocycles. The van der Waals surface area contributed by atoms with Gasteiger partial charge in [-0.1, -0.05) is 12.1 Å². The van der Waals surface area contributed by atoms with E-state index in [4.69, 9.17) is 0 Å². The van der Waals surface area contributed by atoms with Crippen LogP contribution in [0.2, 0.25) is 0 Å². The second-order valence-electron chi connectivity index (χ2n) is 5.28. The number of likely N-dealkylation sites (N-methyl/N-ethyl adjacent to an activating group) is 1. The van der Waals surface area contributed by atoms with E-state index in [1.54, 1.807) is 13.2 Å². The first-order chi connectivity index (χ1) is 10.1. The summed E-state index contributed by atoms with van der Waals surface area (Å²) in [5, 5.41) is 13.9. The Hall–Kier alpha value is -1.96. The molecule has 0 unspecified atom stereocenters. The van der Waals surface area contributed by atoms with Gasteiger partial charge >= 0.3 is 0 Å². The third-order valence-electron chi connectivity index (χ3n) is 3.19. The second-order valence-corrected chi connectivity index (χ2v) is 5.28. The van der Waals surface area contributed by atoms with E-state index < -0.39 is 0 Å². The van der Waals surface area contributed by atoms with Crippen LogP contribution in [-0.4, -0.2) is 57.9 Å². The summed E-state index contributed by atoms with van der Waals surface area (Å²) in [7, 11) is 1.62. The van der Waals surface area contributed by atoms with E-state index in [0.717, 1.165) is 25.1 Å². The predicted molar refractivity (Wildman–Crippen MR) is 76.2 cm³/mol. The Kier molecular flexibility index (Phi) is 5.26. The number of nitrogens with zero attached hydrogens (tertiary/aromatic N) is 4. The van der Waals surface area contributed by atoms with E-state index in [0.29, 0.717) is 12.6 Å². The molecule has 0 spiro atoms. The molecule has 1 heterocycles. The molecule has 1 aliphatic rings. The lowest BCUT2D eigenvalue weighted by Crippen LogP contribution is -2.40. The zero-order chi connectivity index (χ0) is 15.2. The molecule has 0 atom stereocenters. The average Bonchev–Trinajstić information content (AvgIpc) is 3.14. The molecule has 0 aliphatic heterocycles. The Morgan fingerprint density at radius 3 is 2.90 bits per heavy atom. The smallest absolute Gasteiger partial charge is 0.244 e. The lowest BCUT2D eigenvalue weighted by molar-refractivity contribution is -0.135. The van der Waals surface area contributed by atoms with Gasteiger partial charge in [0.15, 0.2) is 0 Å². The Bertz CT molecular complexity index is 497. The van der Waals surface area contributed by atoms with Crippen LogP contribution in [0, 0.1) is 0 Å². The zero-order valence-corrected chi connectivity index (χ0v) is 12.5. The predicted octanol–water partition coefficient (Wildman–Crippen LogP) is -0.875. The van der Waals surface area contributed by atoms with Crippen LogP contribution < -0.4 is 10.6 Å². The van der Waals surface area contributed by atoms with Crippen LogP contribution in [-0.2, 0) is 22.7 Å². The maximum Gasteiger partial charge on any atom is 0.244 e. The minimum absolute atomic E-state index is 0.0777. The SMILES string of the molecule is CCNCc1cn(CC(=O)N(C)CC(=O)NC2CC2)nn1. The van der Waals surface area contributed by atoms with E-state index in [-0.39, 0.29) is 24.9 Å². The molecule has 2 rings (SSSR count). The fourth-order valence-electron chi connectivity index (χ4n) is 1.81. The van der Waals surface area contributed by atoms with Gasteiger partial charge < -0.3 is 15.5 Å². The lowest BCUT2D eigenvalue weighted by atomic mass is 10.4. The molecule has 1 fully saturated rings. The van der Waals surface area contributed by atoms with Crippen molar-refractivity contribution in [2.75, 3.05) is 20.1 Å². The molecular weight excluding hydrogens is 272 g/mol. The quantitative estimate of drug-likeness (QED) is 0.650. The monoisotopic (exact) mass is 294 g/mol. The van der Waals surface area contributed by atoms with Crippen LogP contribution in [0.3, 0.4) is 0 Å². The maximum absolute atomic E-state index is 12.0. The number of aromatic nitrogens is 3. The highest BCUT2D eigenvalue weighted by molar-refractivity contribution is 5.84. The van der Waals surface area contributed by atoms with Gasteiger partial charge in [0.1, 0.15) is 6.54 Å². The standard InChI is InChI=1S/C13H22N6O2/c1-3-14-6-11-7-19(17-16-11)9-13(21)18(2)8-12(20)15-10-4-5-10/h7,10,14H,3-6,8-9H2,1-2H3,(H,15,20). The second kappa shape index (κ2) is 7.16. The largest absolute Gasteiger partial charge is 0.352 e. The topological polar surface area (TPSA) is 92.2 Å². The Morgan fingerprint density at radius 2 is 2.24 bits per heavy atom. The highest BCUT2D eigenvalue weighted by atomic mass is 16.2. The highest BCUT2D eigenvalue weighted by Crippen LogP contribution is 2.18. The first-order valence-electron chi connectivity index (χ1n) is 7.21. The number of hydrogen-bond donors (Lipinski definition) is 2. The van der Waals surface area contributed by atoms with Gasteiger partial charge in [-0.25, -0.2) is 4.68 Å².